The van der Waals surface area contributed by atoms with Crippen LogP contribution in [-0.4, -0.2) is 30.2 Å². The SMILES string of the molecule is CC=CN1CCC(OC(N)=O)C1. The van der Waals surface area contributed by atoms with Crippen LogP contribution < -0.4 is 5.73 Å². The fourth-order valence-electron chi connectivity index (χ4n) is 1.36. The van der Waals surface area contributed by atoms with Crippen molar-refractivity contribution in [2.45, 2.75) is 19.4 Å². The number of carbonyl (C=O) groups is 1. The molecule has 4 heteroatoms. The van der Waals surface area contributed by atoms with E-state index in [0.29, 0.717) is 0 Å². The lowest BCUT2D eigenvalue weighted by atomic mass is 10.3. The summed E-state index contributed by atoms with van der Waals surface area (Å²) >= 11 is 0. The average molecular weight is 170 g/mol. The number of nitrogens with zero attached hydrogens (tertiary/aromatic N) is 1. The Morgan fingerprint density at radius 1 is 1.75 bits per heavy atom. The number of primary amides is 1. The fourth-order valence-corrected chi connectivity index (χ4v) is 1.36. The van der Waals surface area contributed by atoms with E-state index in [1.165, 1.54) is 0 Å². The molecule has 1 fully saturated rings. The minimum atomic E-state index is -0.678. The monoisotopic (exact) mass is 170 g/mol. The zero-order chi connectivity index (χ0) is 8.97. The van der Waals surface area contributed by atoms with Gasteiger partial charge < -0.3 is 15.4 Å². The summed E-state index contributed by atoms with van der Waals surface area (Å²) in [6, 6.07) is 0. The predicted octanol–water partition coefficient (Wildman–Crippen LogP) is 0.690. The number of nitrogens with two attached hydrogens (primary N) is 1. The molecule has 0 radical (unpaired) electrons. The molecule has 1 atom stereocenters. The standard InChI is InChI=1S/C8H14N2O2/c1-2-4-10-5-3-7(6-10)12-8(9)11/h2,4,7H,3,5-6H2,1H3,(H2,9,11). The van der Waals surface area contributed by atoms with Gasteiger partial charge in [0.15, 0.2) is 0 Å². The van der Waals surface area contributed by atoms with Gasteiger partial charge in [0.1, 0.15) is 6.10 Å². The zero-order valence-corrected chi connectivity index (χ0v) is 7.19. The van der Waals surface area contributed by atoms with E-state index in [9.17, 15) is 4.79 Å². The lowest BCUT2D eigenvalue weighted by Gasteiger charge is -2.12. The van der Waals surface area contributed by atoms with Gasteiger partial charge in [-0.3, -0.25) is 0 Å². The van der Waals surface area contributed by atoms with Gasteiger partial charge in [0.2, 0.25) is 0 Å². The average Bonchev–Trinajstić information content (AvgIpc) is 2.36. The van der Waals surface area contributed by atoms with Crippen LogP contribution in [0.4, 0.5) is 4.79 Å². The predicted molar refractivity (Wildman–Crippen MR) is 45.5 cm³/mol. The van der Waals surface area contributed by atoms with Crippen LogP contribution in [0.5, 0.6) is 0 Å². The topological polar surface area (TPSA) is 55.6 Å². The molecule has 1 aliphatic rings. The van der Waals surface area contributed by atoms with E-state index in [-0.39, 0.29) is 6.10 Å². The molecule has 1 saturated heterocycles. The van der Waals surface area contributed by atoms with Crippen LogP contribution in [0.25, 0.3) is 0 Å². The molecule has 0 aromatic heterocycles. The van der Waals surface area contributed by atoms with Gasteiger partial charge in [0.25, 0.3) is 0 Å². The molecule has 1 amide bonds. The highest BCUT2D eigenvalue weighted by molar-refractivity contribution is 5.64. The van der Waals surface area contributed by atoms with Crippen LogP contribution in [0, 0.1) is 0 Å². The molecule has 1 unspecified atom stereocenters. The molecule has 1 heterocycles. The Labute approximate surface area is 72.0 Å². The Balaban J connectivity index is 2.30. The van der Waals surface area contributed by atoms with Crippen LogP contribution in [0.1, 0.15) is 13.3 Å². The summed E-state index contributed by atoms with van der Waals surface area (Å²) in [6.07, 6.45) is 4.12. The molecule has 0 aromatic rings. The van der Waals surface area contributed by atoms with Crippen molar-refractivity contribution in [1.29, 1.82) is 0 Å². The molecule has 0 aliphatic carbocycles. The number of amides is 1. The zero-order valence-electron chi connectivity index (χ0n) is 7.19. The maximum Gasteiger partial charge on any atom is 0.404 e. The van der Waals surface area contributed by atoms with Gasteiger partial charge in [-0.05, 0) is 13.1 Å². The fraction of sp³-hybridized carbons (Fsp3) is 0.625. The second-order valence-electron chi connectivity index (χ2n) is 2.82. The molecule has 1 aliphatic heterocycles. The molecule has 0 saturated carbocycles. The number of allylic oxidation sites excluding steroid dienone is 1. The summed E-state index contributed by atoms with van der Waals surface area (Å²) < 4.78 is 4.85. The summed E-state index contributed by atoms with van der Waals surface area (Å²) in [4.78, 5) is 12.5. The smallest absolute Gasteiger partial charge is 0.404 e. The van der Waals surface area contributed by atoms with E-state index in [2.05, 4.69) is 4.90 Å². The van der Waals surface area contributed by atoms with E-state index in [0.717, 1.165) is 19.5 Å². The number of hydrogen-bond acceptors (Lipinski definition) is 3. The molecule has 12 heavy (non-hydrogen) atoms. The van der Waals surface area contributed by atoms with Crippen molar-refractivity contribution in [3.8, 4) is 0 Å². The molecule has 0 bridgehead atoms. The Bertz CT molecular complexity index is 191. The van der Waals surface area contributed by atoms with Crippen LogP contribution in [0.15, 0.2) is 12.3 Å². The summed E-state index contributed by atoms with van der Waals surface area (Å²) in [7, 11) is 0. The summed E-state index contributed by atoms with van der Waals surface area (Å²) in [5, 5.41) is 0. The highest BCUT2D eigenvalue weighted by Gasteiger charge is 2.22. The van der Waals surface area contributed by atoms with Gasteiger partial charge in [-0.1, -0.05) is 6.08 Å². The number of likely N-dealkylation sites (tertiary alicyclic amines) is 1. The van der Waals surface area contributed by atoms with Crippen molar-refractivity contribution in [2.75, 3.05) is 13.1 Å². The van der Waals surface area contributed by atoms with Crippen molar-refractivity contribution < 1.29 is 9.53 Å². The molecule has 68 valence electrons. The Morgan fingerprint density at radius 3 is 3.08 bits per heavy atom. The maximum absolute atomic E-state index is 10.4. The largest absolute Gasteiger partial charge is 0.444 e. The van der Waals surface area contributed by atoms with Crippen LogP contribution in [-0.2, 0) is 4.74 Å². The first kappa shape index (κ1) is 8.90. The van der Waals surface area contributed by atoms with Crippen LogP contribution in [0.3, 0.4) is 0 Å². The molecule has 2 N–H and O–H groups in total. The van der Waals surface area contributed by atoms with E-state index >= 15 is 0 Å². The molecule has 1 rings (SSSR count). The number of carbonyl (C=O) groups excluding carboxylic acids is 1. The first-order valence-corrected chi connectivity index (χ1v) is 4.05. The molecule has 4 nitrogen and oxygen atoms in total. The quantitative estimate of drug-likeness (QED) is 0.663. The van der Waals surface area contributed by atoms with Crippen molar-refractivity contribution in [3.63, 3.8) is 0 Å². The molecular weight excluding hydrogens is 156 g/mol. The van der Waals surface area contributed by atoms with Crippen LogP contribution >= 0.6 is 0 Å². The van der Waals surface area contributed by atoms with Gasteiger partial charge in [0.05, 0.1) is 6.54 Å². The third-order valence-corrected chi connectivity index (χ3v) is 1.82. The van der Waals surface area contributed by atoms with Gasteiger partial charge in [0, 0.05) is 13.0 Å². The first-order chi connectivity index (χ1) is 5.72. The number of rotatable bonds is 2. The third kappa shape index (κ3) is 2.45. The minimum absolute atomic E-state index is 0.0290. The lowest BCUT2D eigenvalue weighted by molar-refractivity contribution is 0.112. The second-order valence-corrected chi connectivity index (χ2v) is 2.82. The van der Waals surface area contributed by atoms with Gasteiger partial charge in [-0.15, -0.1) is 0 Å². The van der Waals surface area contributed by atoms with E-state index in [1.54, 1.807) is 0 Å². The maximum atomic E-state index is 10.4. The van der Waals surface area contributed by atoms with Gasteiger partial charge in [-0.2, -0.15) is 0 Å². The summed E-state index contributed by atoms with van der Waals surface area (Å²) in [5.41, 5.74) is 4.89. The summed E-state index contributed by atoms with van der Waals surface area (Å²) in [6.45, 7) is 3.65. The third-order valence-electron chi connectivity index (χ3n) is 1.82. The minimum Gasteiger partial charge on any atom is -0.444 e. The Hall–Kier alpha value is -1.19. The summed E-state index contributed by atoms with van der Waals surface area (Å²) in [5.74, 6) is 0. The van der Waals surface area contributed by atoms with Crippen molar-refractivity contribution in [3.05, 3.63) is 12.3 Å². The molecular formula is C8H14N2O2. The number of hydrogen-bond donors (Lipinski definition) is 1. The van der Waals surface area contributed by atoms with E-state index in [1.807, 2.05) is 19.2 Å². The highest BCUT2D eigenvalue weighted by Crippen LogP contribution is 2.12. The Morgan fingerprint density at radius 2 is 2.50 bits per heavy atom. The second kappa shape index (κ2) is 3.99. The van der Waals surface area contributed by atoms with Crippen molar-refractivity contribution >= 4 is 6.09 Å². The normalized spacial score (nSPS) is 23.4. The van der Waals surface area contributed by atoms with Crippen LogP contribution in [0.2, 0.25) is 0 Å². The van der Waals surface area contributed by atoms with E-state index < -0.39 is 6.09 Å². The highest BCUT2D eigenvalue weighted by atomic mass is 16.6. The lowest BCUT2D eigenvalue weighted by Crippen LogP contribution is -2.24. The van der Waals surface area contributed by atoms with Gasteiger partial charge >= 0.3 is 6.09 Å². The van der Waals surface area contributed by atoms with Gasteiger partial charge in [-0.25, -0.2) is 4.79 Å². The number of ether oxygens (including phenoxy) is 1. The van der Waals surface area contributed by atoms with Crippen molar-refractivity contribution in [1.82, 2.24) is 4.90 Å². The Kier molecular flexibility index (Phi) is 2.96. The first-order valence-electron chi connectivity index (χ1n) is 4.05. The van der Waals surface area contributed by atoms with E-state index in [4.69, 9.17) is 10.5 Å². The van der Waals surface area contributed by atoms with Crippen molar-refractivity contribution in [2.24, 2.45) is 5.73 Å². The molecule has 0 spiro atoms. The molecule has 0 aromatic carbocycles.